The van der Waals surface area contributed by atoms with Gasteiger partial charge in [0.25, 0.3) is 11.7 Å². The molecule has 8 heteroatoms. The molecule has 0 aliphatic carbocycles. The fourth-order valence-corrected chi connectivity index (χ4v) is 4.88. The van der Waals surface area contributed by atoms with E-state index in [2.05, 4.69) is 4.98 Å². The van der Waals surface area contributed by atoms with Crippen molar-refractivity contribution >= 4 is 40.0 Å². The number of carbonyl (C=O) groups is 2. The van der Waals surface area contributed by atoms with E-state index in [1.165, 1.54) is 12.0 Å². The summed E-state index contributed by atoms with van der Waals surface area (Å²) >= 11 is 6.14. The maximum absolute atomic E-state index is 13.2. The zero-order chi connectivity index (χ0) is 23.1. The van der Waals surface area contributed by atoms with Gasteiger partial charge in [-0.1, -0.05) is 29.8 Å². The lowest BCUT2D eigenvalue weighted by molar-refractivity contribution is -0.140. The average molecular weight is 467 g/mol. The van der Waals surface area contributed by atoms with Crippen LogP contribution in [0.2, 0.25) is 5.02 Å². The van der Waals surface area contributed by atoms with Crippen molar-refractivity contribution in [1.82, 2.24) is 9.88 Å². The molecular formula is C25H23ClN2O5. The molecule has 2 unspecified atom stereocenters. The van der Waals surface area contributed by atoms with Gasteiger partial charge in [0.2, 0.25) is 0 Å². The number of rotatable bonds is 5. The fraction of sp³-hybridized carbons (Fsp3) is 0.280. The SMILES string of the molecule is COc1cc(/C(O)=C2\C(=O)C(=O)N(CC3CCCO3)C2c2c[nH]c3ccccc23)ccc1Cl. The fourth-order valence-electron chi connectivity index (χ4n) is 4.68. The minimum Gasteiger partial charge on any atom is -0.507 e. The first-order valence-corrected chi connectivity index (χ1v) is 11.2. The Hall–Kier alpha value is -3.29. The van der Waals surface area contributed by atoms with Crippen molar-refractivity contribution in [3.8, 4) is 5.75 Å². The zero-order valence-electron chi connectivity index (χ0n) is 18.0. The molecular weight excluding hydrogens is 444 g/mol. The van der Waals surface area contributed by atoms with Crippen LogP contribution in [0.3, 0.4) is 0 Å². The van der Waals surface area contributed by atoms with E-state index < -0.39 is 17.7 Å². The molecule has 0 spiro atoms. The second-order valence-corrected chi connectivity index (χ2v) is 8.63. The van der Waals surface area contributed by atoms with Gasteiger partial charge in [-0.3, -0.25) is 9.59 Å². The number of aliphatic hydroxyl groups excluding tert-OH is 1. The van der Waals surface area contributed by atoms with Crippen LogP contribution in [-0.4, -0.2) is 53.0 Å². The number of aromatic nitrogens is 1. The number of nitrogens with one attached hydrogen (secondary N) is 1. The Labute approximate surface area is 195 Å². The number of hydrogen-bond acceptors (Lipinski definition) is 5. The summed E-state index contributed by atoms with van der Waals surface area (Å²) in [5.74, 6) is -1.29. The van der Waals surface area contributed by atoms with Crippen LogP contribution in [0.25, 0.3) is 16.7 Å². The summed E-state index contributed by atoms with van der Waals surface area (Å²) in [6.45, 7) is 0.909. The van der Waals surface area contributed by atoms with Crippen LogP contribution >= 0.6 is 11.6 Å². The van der Waals surface area contributed by atoms with Gasteiger partial charge in [0.05, 0.1) is 29.9 Å². The Kier molecular flexibility index (Phi) is 5.60. The monoisotopic (exact) mass is 466 g/mol. The first kappa shape index (κ1) is 21.6. The maximum Gasteiger partial charge on any atom is 0.295 e. The van der Waals surface area contributed by atoms with Gasteiger partial charge in [-0.2, -0.15) is 0 Å². The number of halogens is 1. The number of hydrogen-bond donors (Lipinski definition) is 2. The van der Waals surface area contributed by atoms with Gasteiger partial charge in [-0.15, -0.1) is 0 Å². The number of aromatic amines is 1. The van der Waals surface area contributed by atoms with Crippen LogP contribution < -0.4 is 4.74 Å². The summed E-state index contributed by atoms with van der Waals surface area (Å²) in [5.41, 5.74) is 2.00. The first-order chi connectivity index (χ1) is 16.0. The number of benzene rings is 2. The summed E-state index contributed by atoms with van der Waals surface area (Å²) in [7, 11) is 1.47. The van der Waals surface area contributed by atoms with Crippen molar-refractivity contribution in [2.45, 2.75) is 25.0 Å². The van der Waals surface area contributed by atoms with E-state index in [4.69, 9.17) is 21.1 Å². The second kappa shape index (κ2) is 8.57. The van der Waals surface area contributed by atoms with Gasteiger partial charge >= 0.3 is 0 Å². The third-order valence-electron chi connectivity index (χ3n) is 6.30. The van der Waals surface area contributed by atoms with Crippen LogP contribution in [0.15, 0.2) is 54.2 Å². The first-order valence-electron chi connectivity index (χ1n) is 10.8. The quantitative estimate of drug-likeness (QED) is 0.329. The van der Waals surface area contributed by atoms with Crippen LogP contribution in [-0.2, 0) is 14.3 Å². The maximum atomic E-state index is 13.2. The van der Waals surface area contributed by atoms with Gasteiger partial charge in [0.1, 0.15) is 11.5 Å². The molecule has 1 aromatic heterocycles. The van der Waals surface area contributed by atoms with E-state index in [1.54, 1.807) is 24.4 Å². The van der Waals surface area contributed by atoms with Gasteiger partial charge in [-0.25, -0.2) is 0 Å². The second-order valence-electron chi connectivity index (χ2n) is 8.23. The molecule has 1 amide bonds. The smallest absolute Gasteiger partial charge is 0.295 e. The van der Waals surface area contributed by atoms with E-state index >= 15 is 0 Å². The molecule has 0 bridgehead atoms. The molecule has 2 aliphatic rings. The van der Waals surface area contributed by atoms with Gasteiger partial charge in [0, 0.05) is 41.4 Å². The van der Waals surface area contributed by atoms with Gasteiger partial charge < -0.3 is 24.5 Å². The topological polar surface area (TPSA) is 91.9 Å². The molecule has 3 heterocycles. The number of nitrogens with zero attached hydrogens (tertiary/aromatic N) is 1. The predicted octanol–water partition coefficient (Wildman–Crippen LogP) is 4.43. The normalized spacial score (nSPS) is 22.4. The molecule has 33 heavy (non-hydrogen) atoms. The number of amides is 1. The molecule has 2 N–H and O–H groups in total. The predicted molar refractivity (Wildman–Crippen MR) is 124 cm³/mol. The largest absolute Gasteiger partial charge is 0.507 e. The van der Waals surface area contributed by atoms with E-state index in [1.807, 2.05) is 24.3 Å². The molecule has 5 rings (SSSR count). The van der Waals surface area contributed by atoms with Crippen LogP contribution in [0.1, 0.15) is 30.0 Å². The lowest BCUT2D eigenvalue weighted by Gasteiger charge is -2.27. The van der Waals surface area contributed by atoms with Crippen molar-refractivity contribution in [3.05, 3.63) is 70.4 Å². The van der Waals surface area contributed by atoms with Crippen molar-refractivity contribution < 1.29 is 24.2 Å². The van der Waals surface area contributed by atoms with E-state index in [-0.39, 0.29) is 24.0 Å². The van der Waals surface area contributed by atoms with Gasteiger partial charge in [0.15, 0.2) is 0 Å². The standard InChI is InChI=1S/C25H23ClN2O5/c1-32-20-11-14(8-9-18(20)26)23(29)21-22(17-12-27-19-7-3-2-6-16(17)19)28(25(31)24(21)30)13-15-5-4-10-33-15/h2-3,6-9,11-12,15,22,27,29H,4-5,10,13H2,1H3/b23-21+. The molecule has 0 radical (unpaired) electrons. The summed E-state index contributed by atoms with van der Waals surface area (Å²) in [6, 6.07) is 11.6. The molecule has 2 fully saturated rings. The molecule has 2 saturated heterocycles. The number of para-hydroxylation sites is 1. The molecule has 7 nitrogen and oxygen atoms in total. The summed E-state index contributed by atoms with van der Waals surface area (Å²) in [4.78, 5) is 31.2. The van der Waals surface area contributed by atoms with E-state index in [0.717, 1.165) is 29.3 Å². The minimum atomic E-state index is -0.757. The summed E-state index contributed by atoms with van der Waals surface area (Å²) in [5, 5.41) is 12.5. The minimum absolute atomic E-state index is 0.0344. The van der Waals surface area contributed by atoms with Gasteiger partial charge in [-0.05, 0) is 37.1 Å². The Morgan fingerprint density at radius 1 is 1.27 bits per heavy atom. The highest BCUT2D eigenvalue weighted by molar-refractivity contribution is 6.46. The Balaban J connectivity index is 1.68. The van der Waals surface area contributed by atoms with Crippen LogP contribution in [0, 0.1) is 0 Å². The third kappa shape index (κ3) is 3.67. The Morgan fingerprint density at radius 2 is 2.09 bits per heavy atom. The van der Waals surface area contributed by atoms with Crippen LogP contribution in [0.5, 0.6) is 5.75 Å². The lowest BCUT2D eigenvalue weighted by Crippen LogP contribution is -2.36. The zero-order valence-corrected chi connectivity index (χ0v) is 18.8. The number of aliphatic hydroxyl groups is 1. The Bertz CT molecular complexity index is 1270. The highest BCUT2D eigenvalue weighted by atomic mass is 35.5. The number of Topliss-reactive ketones (excluding diaryl/α,β-unsaturated/α-hetero) is 1. The molecule has 2 atom stereocenters. The molecule has 0 saturated carbocycles. The summed E-state index contributed by atoms with van der Waals surface area (Å²) in [6.07, 6.45) is 3.38. The van der Waals surface area contributed by atoms with Crippen molar-refractivity contribution in [3.63, 3.8) is 0 Å². The van der Waals surface area contributed by atoms with Crippen LogP contribution in [0.4, 0.5) is 0 Å². The number of methoxy groups -OCH3 is 1. The molecule has 3 aromatic rings. The van der Waals surface area contributed by atoms with Crippen molar-refractivity contribution in [2.75, 3.05) is 20.3 Å². The molecule has 2 aromatic carbocycles. The Morgan fingerprint density at radius 3 is 2.85 bits per heavy atom. The summed E-state index contributed by atoms with van der Waals surface area (Å²) < 4.78 is 11.0. The number of ether oxygens (including phenoxy) is 2. The lowest BCUT2D eigenvalue weighted by atomic mass is 9.94. The highest BCUT2D eigenvalue weighted by Gasteiger charge is 2.47. The van der Waals surface area contributed by atoms with E-state index in [9.17, 15) is 14.7 Å². The van der Waals surface area contributed by atoms with Crippen molar-refractivity contribution in [2.24, 2.45) is 0 Å². The number of carbonyl (C=O) groups excluding carboxylic acids is 2. The number of ketones is 1. The number of likely N-dealkylation sites (tertiary alicyclic amines) is 1. The average Bonchev–Trinajstić information content (AvgIpc) is 3.55. The van der Waals surface area contributed by atoms with E-state index in [0.29, 0.717) is 22.9 Å². The molecule has 2 aliphatic heterocycles. The third-order valence-corrected chi connectivity index (χ3v) is 6.62. The number of H-pyrrole nitrogens is 1. The molecule has 170 valence electrons. The number of fused-ring (bicyclic) bond motifs is 1. The highest BCUT2D eigenvalue weighted by Crippen LogP contribution is 2.43. The van der Waals surface area contributed by atoms with Crippen molar-refractivity contribution in [1.29, 1.82) is 0 Å².